The van der Waals surface area contributed by atoms with Crippen LogP contribution in [0, 0.1) is 10.1 Å². The van der Waals surface area contributed by atoms with E-state index in [0.717, 1.165) is 17.7 Å². The van der Waals surface area contributed by atoms with E-state index in [-0.39, 0.29) is 24.4 Å². The molecule has 1 aliphatic heterocycles. The molecule has 0 aliphatic carbocycles. The number of anilines is 1. The molecule has 0 fully saturated rings. The van der Waals surface area contributed by atoms with Crippen LogP contribution in [-0.2, 0) is 17.8 Å². The Morgan fingerprint density at radius 1 is 1.56 bits per heavy atom. The van der Waals surface area contributed by atoms with Crippen LogP contribution in [0.25, 0.3) is 0 Å². The van der Waals surface area contributed by atoms with E-state index in [1.165, 1.54) is 16.9 Å². The third-order valence-electron chi connectivity index (χ3n) is 3.69. The third-order valence-corrected chi connectivity index (χ3v) is 3.69. The molecule has 1 aromatic heterocycles. The average Bonchev–Trinajstić information content (AvgIpc) is 3.13. The number of nitrogens with one attached hydrogen (secondary N) is 1. The summed E-state index contributed by atoms with van der Waals surface area (Å²) in [5.41, 5.74) is 1.54. The monoisotopic (exact) mass is 346 g/mol. The van der Waals surface area contributed by atoms with Gasteiger partial charge in [0, 0.05) is 18.1 Å². The van der Waals surface area contributed by atoms with Crippen molar-refractivity contribution in [2.45, 2.75) is 32.9 Å². The Balaban J connectivity index is 1.75. The predicted octanol–water partition coefficient (Wildman–Crippen LogP) is 2.15. The number of aromatic nitrogens is 2. The maximum atomic E-state index is 12.2. The van der Waals surface area contributed by atoms with E-state index >= 15 is 0 Å². The Morgan fingerprint density at radius 3 is 3.04 bits per heavy atom. The number of nitrogens with zero attached hydrogens (tertiary/aromatic N) is 3. The molecule has 0 saturated carbocycles. The number of hydrogen-bond acceptors (Lipinski definition) is 6. The maximum Gasteiger partial charge on any atom is 0.389 e. The molecule has 0 saturated heterocycles. The first kappa shape index (κ1) is 16.7. The fourth-order valence-corrected chi connectivity index (χ4v) is 2.69. The molecular weight excluding hydrogens is 328 g/mol. The van der Waals surface area contributed by atoms with Crippen LogP contribution in [0.4, 0.5) is 11.5 Å². The summed E-state index contributed by atoms with van der Waals surface area (Å²) in [5, 5.41) is 17.1. The zero-order valence-corrected chi connectivity index (χ0v) is 13.9. The van der Waals surface area contributed by atoms with Gasteiger partial charge in [0.05, 0.1) is 29.7 Å². The van der Waals surface area contributed by atoms with Crippen LogP contribution in [0.3, 0.4) is 0 Å². The Kier molecular flexibility index (Phi) is 4.55. The number of carbonyl (C=O) groups is 1. The molecule has 0 spiro atoms. The van der Waals surface area contributed by atoms with E-state index in [0.29, 0.717) is 18.0 Å². The molecular formula is C16H18N4O5. The van der Waals surface area contributed by atoms with Crippen molar-refractivity contribution in [2.75, 3.05) is 11.9 Å². The van der Waals surface area contributed by atoms with E-state index in [4.69, 9.17) is 9.47 Å². The lowest BCUT2D eigenvalue weighted by molar-refractivity contribution is -0.389. The summed E-state index contributed by atoms with van der Waals surface area (Å²) in [5.74, 6) is 0.618. The van der Waals surface area contributed by atoms with E-state index in [2.05, 4.69) is 10.4 Å². The van der Waals surface area contributed by atoms with Gasteiger partial charge in [-0.2, -0.15) is 4.68 Å². The lowest BCUT2D eigenvalue weighted by atomic mass is 10.1. The smallest absolute Gasteiger partial charge is 0.389 e. The Bertz CT molecular complexity index is 817. The molecule has 2 aromatic rings. The number of benzene rings is 1. The number of ether oxygens (including phenoxy) is 2. The summed E-state index contributed by atoms with van der Waals surface area (Å²) in [6.07, 6.45) is 2.26. The fraction of sp³-hybridized carbons (Fsp3) is 0.375. The maximum absolute atomic E-state index is 12.2. The normalized spacial score (nSPS) is 15.4. The second kappa shape index (κ2) is 6.80. The van der Waals surface area contributed by atoms with Crippen molar-refractivity contribution in [1.29, 1.82) is 0 Å². The number of fused-ring (bicyclic) bond motifs is 1. The highest BCUT2D eigenvalue weighted by molar-refractivity contribution is 5.92. The molecule has 1 aliphatic rings. The standard InChI is InChI=1S/C16H18N4O5/c1-3-24-14-7-11-6-10(2)25-13(11)8-12(14)17-16(21)9-19-5-4-15(18-19)20(22)23/h4-5,7-8,10H,3,6,9H2,1-2H3,(H,17,21). The molecule has 132 valence electrons. The van der Waals surface area contributed by atoms with Crippen molar-refractivity contribution in [3.8, 4) is 11.5 Å². The second-order valence-corrected chi connectivity index (χ2v) is 5.70. The number of carbonyl (C=O) groups excluding carboxylic acids is 1. The average molecular weight is 346 g/mol. The number of nitro groups is 1. The topological polar surface area (TPSA) is 109 Å². The van der Waals surface area contributed by atoms with Crippen LogP contribution in [-0.4, -0.2) is 33.3 Å². The van der Waals surface area contributed by atoms with Gasteiger partial charge in [-0.25, -0.2) is 0 Å². The summed E-state index contributed by atoms with van der Waals surface area (Å²) in [6.45, 7) is 4.15. The SMILES string of the molecule is CCOc1cc2c(cc1NC(=O)Cn1ccc([N+](=O)[O-])n1)OC(C)C2. The highest BCUT2D eigenvalue weighted by Gasteiger charge is 2.23. The van der Waals surface area contributed by atoms with Gasteiger partial charge >= 0.3 is 5.82 Å². The summed E-state index contributed by atoms with van der Waals surface area (Å²) in [4.78, 5) is 22.3. The Labute approximate surface area is 143 Å². The first-order valence-electron chi connectivity index (χ1n) is 7.90. The summed E-state index contributed by atoms with van der Waals surface area (Å²) in [7, 11) is 0. The molecule has 9 heteroatoms. The first-order chi connectivity index (χ1) is 12.0. The highest BCUT2D eigenvalue weighted by atomic mass is 16.6. The van der Waals surface area contributed by atoms with Crippen LogP contribution in [0.2, 0.25) is 0 Å². The largest absolute Gasteiger partial charge is 0.492 e. The van der Waals surface area contributed by atoms with Crippen LogP contribution in [0.1, 0.15) is 19.4 Å². The summed E-state index contributed by atoms with van der Waals surface area (Å²) in [6, 6.07) is 4.85. The van der Waals surface area contributed by atoms with Crippen molar-refractivity contribution >= 4 is 17.4 Å². The second-order valence-electron chi connectivity index (χ2n) is 5.70. The van der Waals surface area contributed by atoms with Gasteiger partial charge in [-0.1, -0.05) is 0 Å². The van der Waals surface area contributed by atoms with Crippen LogP contribution < -0.4 is 14.8 Å². The fourth-order valence-electron chi connectivity index (χ4n) is 2.69. The molecule has 3 rings (SSSR count). The van der Waals surface area contributed by atoms with Crippen molar-refractivity contribution < 1.29 is 19.2 Å². The molecule has 9 nitrogen and oxygen atoms in total. The van der Waals surface area contributed by atoms with Crippen molar-refractivity contribution in [1.82, 2.24) is 9.78 Å². The third kappa shape index (κ3) is 3.70. The lowest BCUT2D eigenvalue weighted by Crippen LogP contribution is -2.19. The molecule has 25 heavy (non-hydrogen) atoms. The molecule has 2 heterocycles. The van der Waals surface area contributed by atoms with Crippen molar-refractivity contribution in [3.05, 3.63) is 40.1 Å². The van der Waals surface area contributed by atoms with Gasteiger partial charge < -0.3 is 24.9 Å². The molecule has 0 bridgehead atoms. The van der Waals surface area contributed by atoms with Gasteiger partial charge in [-0.3, -0.25) is 4.79 Å². The van der Waals surface area contributed by atoms with Gasteiger partial charge in [0.1, 0.15) is 24.1 Å². The number of hydrogen-bond donors (Lipinski definition) is 1. The zero-order chi connectivity index (χ0) is 18.0. The molecule has 1 aromatic carbocycles. The Hall–Kier alpha value is -3.10. The summed E-state index contributed by atoms with van der Waals surface area (Å²) >= 11 is 0. The molecule has 1 N–H and O–H groups in total. The van der Waals surface area contributed by atoms with E-state index in [9.17, 15) is 14.9 Å². The van der Waals surface area contributed by atoms with Gasteiger partial charge in [-0.05, 0) is 24.8 Å². The van der Waals surface area contributed by atoms with Gasteiger partial charge in [0.2, 0.25) is 5.91 Å². The number of rotatable bonds is 6. The summed E-state index contributed by atoms with van der Waals surface area (Å²) < 4.78 is 12.5. The van der Waals surface area contributed by atoms with E-state index in [1.807, 2.05) is 19.9 Å². The van der Waals surface area contributed by atoms with Gasteiger partial charge in [-0.15, -0.1) is 0 Å². The van der Waals surface area contributed by atoms with Crippen LogP contribution >= 0.6 is 0 Å². The highest BCUT2D eigenvalue weighted by Crippen LogP contribution is 2.38. The Morgan fingerprint density at radius 2 is 2.36 bits per heavy atom. The molecule has 1 unspecified atom stereocenters. The van der Waals surface area contributed by atoms with Crippen LogP contribution in [0.15, 0.2) is 24.4 Å². The van der Waals surface area contributed by atoms with E-state index in [1.54, 1.807) is 6.07 Å². The minimum absolute atomic E-state index is 0.0834. The predicted molar refractivity (Wildman–Crippen MR) is 88.9 cm³/mol. The first-order valence-corrected chi connectivity index (χ1v) is 7.90. The number of amides is 1. The molecule has 0 radical (unpaired) electrons. The lowest BCUT2D eigenvalue weighted by Gasteiger charge is -2.13. The van der Waals surface area contributed by atoms with Gasteiger partial charge in [0.25, 0.3) is 0 Å². The quantitative estimate of drug-likeness (QED) is 0.634. The molecule has 1 atom stereocenters. The van der Waals surface area contributed by atoms with Crippen molar-refractivity contribution in [2.24, 2.45) is 0 Å². The minimum Gasteiger partial charge on any atom is -0.492 e. The van der Waals surface area contributed by atoms with E-state index < -0.39 is 4.92 Å². The van der Waals surface area contributed by atoms with Crippen molar-refractivity contribution in [3.63, 3.8) is 0 Å². The zero-order valence-electron chi connectivity index (χ0n) is 13.9. The van der Waals surface area contributed by atoms with Gasteiger partial charge in [0.15, 0.2) is 0 Å². The molecule has 1 amide bonds. The van der Waals surface area contributed by atoms with Crippen LogP contribution in [0.5, 0.6) is 11.5 Å². The minimum atomic E-state index is -0.611.